The molecule has 8 heteroatoms. The van der Waals surface area contributed by atoms with Crippen LogP contribution in [0.15, 0.2) is 17.3 Å². The molecule has 0 aromatic rings. The van der Waals surface area contributed by atoms with E-state index in [2.05, 4.69) is 44.4 Å². The Morgan fingerprint density at radius 2 is 1.58 bits per heavy atom. The van der Waals surface area contributed by atoms with Crippen LogP contribution in [-0.4, -0.2) is 30.7 Å². The normalized spacial score (nSPS) is 13.2. The van der Waals surface area contributed by atoms with E-state index >= 15 is 0 Å². The Morgan fingerprint density at radius 1 is 0.923 bits per heavy atom. The highest BCUT2D eigenvalue weighted by Crippen LogP contribution is 2.05. The van der Waals surface area contributed by atoms with Crippen LogP contribution in [0.2, 0.25) is 0 Å². The Morgan fingerprint density at radius 3 is 2.19 bits per heavy atom. The van der Waals surface area contributed by atoms with Crippen LogP contribution in [-0.2, 0) is 9.59 Å². The van der Waals surface area contributed by atoms with Crippen molar-refractivity contribution in [1.29, 1.82) is 0 Å². The average molecular weight is 367 g/mol. The molecule has 0 spiro atoms. The van der Waals surface area contributed by atoms with Gasteiger partial charge in [0, 0.05) is 19.5 Å². The molecule has 5 N–H and O–H groups in total. The number of carbonyl (C=O) groups is 2. The number of carbonyl (C=O) groups excluding carboxylic acids is 2. The third-order valence-electron chi connectivity index (χ3n) is 4.01. The molecule has 1 heterocycles. The van der Waals surface area contributed by atoms with Gasteiger partial charge >= 0.3 is 11.8 Å². The molecule has 0 saturated carbocycles. The van der Waals surface area contributed by atoms with E-state index in [1.165, 1.54) is 12.8 Å². The predicted octanol–water partition coefficient (Wildman–Crippen LogP) is 1.62. The lowest BCUT2D eigenvalue weighted by Gasteiger charge is -2.05. The summed E-state index contributed by atoms with van der Waals surface area (Å²) < 4.78 is 0. The number of hydrazine groups is 2. The van der Waals surface area contributed by atoms with E-state index in [0.29, 0.717) is 13.1 Å². The number of amidine groups is 1. The first-order valence-electron chi connectivity index (χ1n) is 9.77. The van der Waals surface area contributed by atoms with Crippen LogP contribution < -0.4 is 27.1 Å². The Bertz CT molecular complexity index is 465. The number of unbranched alkanes of at least 4 members (excludes halogenated alkanes) is 6. The van der Waals surface area contributed by atoms with Gasteiger partial charge in [0.25, 0.3) is 0 Å². The number of amides is 2. The zero-order valence-corrected chi connectivity index (χ0v) is 15.9. The smallest absolute Gasteiger partial charge is 0.309 e. The van der Waals surface area contributed by atoms with Crippen molar-refractivity contribution < 1.29 is 9.59 Å². The van der Waals surface area contributed by atoms with Gasteiger partial charge in [0.2, 0.25) is 0 Å². The van der Waals surface area contributed by atoms with Gasteiger partial charge in [-0.15, -0.1) is 10.6 Å². The minimum absolute atomic E-state index is 0.526. The topological polar surface area (TPSA) is 107 Å². The first-order valence-corrected chi connectivity index (χ1v) is 9.77. The van der Waals surface area contributed by atoms with Gasteiger partial charge in [-0.1, -0.05) is 31.9 Å². The predicted molar refractivity (Wildman–Crippen MR) is 104 cm³/mol. The molecular weight excluding hydrogens is 332 g/mol. The van der Waals surface area contributed by atoms with Gasteiger partial charge in [0.15, 0.2) is 0 Å². The highest BCUT2D eigenvalue weighted by molar-refractivity contribution is 6.35. The molecule has 0 aromatic heterocycles. The fourth-order valence-electron chi connectivity index (χ4n) is 2.44. The van der Waals surface area contributed by atoms with E-state index in [1.54, 1.807) is 0 Å². The molecule has 0 fully saturated rings. The van der Waals surface area contributed by atoms with E-state index in [4.69, 9.17) is 0 Å². The van der Waals surface area contributed by atoms with Crippen LogP contribution in [0.5, 0.6) is 0 Å². The van der Waals surface area contributed by atoms with Gasteiger partial charge in [-0.25, -0.2) is 5.53 Å². The second kappa shape index (κ2) is 15.2. The number of nitrogens with one attached hydrogen (secondary N) is 5. The fraction of sp³-hybridized carbons (Fsp3) is 0.722. The minimum Gasteiger partial charge on any atom is -0.348 e. The van der Waals surface area contributed by atoms with Crippen molar-refractivity contribution in [2.24, 2.45) is 5.10 Å². The lowest BCUT2D eigenvalue weighted by Crippen LogP contribution is -2.40. The molecule has 0 bridgehead atoms. The quantitative estimate of drug-likeness (QED) is 0.182. The number of allylic oxidation sites excluding steroid dienone is 2. The third kappa shape index (κ3) is 11.5. The number of rotatable bonds is 14. The van der Waals surface area contributed by atoms with Gasteiger partial charge in [0.05, 0.1) is 0 Å². The maximum absolute atomic E-state index is 11.5. The Kier molecular flexibility index (Phi) is 12.8. The molecule has 1 rings (SSSR count). The van der Waals surface area contributed by atoms with Gasteiger partial charge in [0.1, 0.15) is 5.84 Å². The molecule has 1 aliphatic heterocycles. The van der Waals surface area contributed by atoms with Crippen molar-refractivity contribution in [3.8, 4) is 0 Å². The summed E-state index contributed by atoms with van der Waals surface area (Å²) in [5.74, 6) is -0.0882. The van der Waals surface area contributed by atoms with Crippen LogP contribution in [0.1, 0.15) is 71.1 Å². The lowest BCUT2D eigenvalue weighted by atomic mass is 10.1. The molecule has 0 unspecified atom stereocenters. The number of hydrogen-bond donors (Lipinski definition) is 5. The molecular formula is C18H34N6O2. The molecule has 8 nitrogen and oxygen atoms in total. The maximum Gasteiger partial charge on any atom is 0.309 e. The second-order valence-corrected chi connectivity index (χ2v) is 6.35. The molecule has 148 valence electrons. The van der Waals surface area contributed by atoms with Crippen LogP contribution >= 0.6 is 0 Å². The largest absolute Gasteiger partial charge is 0.348 e. The zero-order valence-electron chi connectivity index (χ0n) is 15.9. The molecule has 0 aliphatic carbocycles. The van der Waals surface area contributed by atoms with Crippen molar-refractivity contribution in [3.63, 3.8) is 0 Å². The third-order valence-corrected chi connectivity index (χ3v) is 4.01. The average Bonchev–Trinajstić information content (AvgIpc) is 3.16. The Hall–Kier alpha value is -2.09. The fourth-order valence-corrected chi connectivity index (χ4v) is 2.44. The highest BCUT2D eigenvalue weighted by atomic mass is 16.2. The Labute approximate surface area is 156 Å². The molecule has 0 radical (unpaired) electrons. The molecule has 0 atom stereocenters. The summed E-state index contributed by atoms with van der Waals surface area (Å²) in [6.07, 6.45) is 14.8. The van der Waals surface area contributed by atoms with E-state index in [1.807, 2.05) is 6.92 Å². The van der Waals surface area contributed by atoms with E-state index in [0.717, 1.165) is 57.2 Å². The standard InChI is InChI=1S/C18H34N6O2/c1-2-3-14-19-17(25)18(26)20-15-12-10-8-6-4-5-7-9-11-13-16-21-23-24-22-16/h4,6,23-24H,2-3,5,7-15H2,1H3,(H,19,25)(H,20,26)(H,21,22)/b6-4+. The van der Waals surface area contributed by atoms with E-state index in [9.17, 15) is 9.59 Å². The molecule has 0 aromatic carbocycles. The monoisotopic (exact) mass is 366 g/mol. The maximum atomic E-state index is 11.5. The van der Waals surface area contributed by atoms with E-state index in [-0.39, 0.29) is 0 Å². The molecule has 1 aliphatic rings. The van der Waals surface area contributed by atoms with E-state index < -0.39 is 11.8 Å². The molecule has 2 amide bonds. The summed E-state index contributed by atoms with van der Waals surface area (Å²) >= 11 is 0. The van der Waals surface area contributed by atoms with Crippen molar-refractivity contribution in [2.75, 3.05) is 13.1 Å². The summed E-state index contributed by atoms with van der Waals surface area (Å²) in [7, 11) is 0. The van der Waals surface area contributed by atoms with Gasteiger partial charge in [-0.05, 0) is 44.9 Å². The van der Waals surface area contributed by atoms with Gasteiger partial charge in [-0.2, -0.15) is 0 Å². The lowest BCUT2D eigenvalue weighted by molar-refractivity contribution is -0.139. The van der Waals surface area contributed by atoms with Crippen molar-refractivity contribution in [2.45, 2.75) is 71.1 Å². The SMILES string of the molecule is CCCCNC(=O)C(=O)NCCCC/C=C/CCCCCC1=NNNN1. The molecule has 0 saturated heterocycles. The van der Waals surface area contributed by atoms with Crippen LogP contribution in [0.3, 0.4) is 0 Å². The first-order chi connectivity index (χ1) is 12.7. The number of hydrogen-bond acceptors (Lipinski definition) is 6. The Balaban J connectivity index is 1.85. The number of hydrazone groups is 1. The zero-order chi connectivity index (χ0) is 18.9. The van der Waals surface area contributed by atoms with Crippen molar-refractivity contribution in [3.05, 3.63) is 12.2 Å². The number of nitrogens with zero attached hydrogens (tertiary/aromatic N) is 1. The van der Waals surface area contributed by atoms with Crippen LogP contribution in [0.4, 0.5) is 0 Å². The summed E-state index contributed by atoms with van der Waals surface area (Å²) in [4.78, 5) is 23.0. The second-order valence-electron chi connectivity index (χ2n) is 6.35. The first kappa shape index (κ1) is 22.0. The van der Waals surface area contributed by atoms with Crippen molar-refractivity contribution in [1.82, 2.24) is 27.1 Å². The van der Waals surface area contributed by atoms with Crippen molar-refractivity contribution >= 4 is 17.6 Å². The summed E-state index contributed by atoms with van der Waals surface area (Å²) in [5, 5.41) is 9.31. The molecule has 26 heavy (non-hydrogen) atoms. The van der Waals surface area contributed by atoms with Crippen LogP contribution in [0.25, 0.3) is 0 Å². The minimum atomic E-state index is -0.526. The summed E-state index contributed by atoms with van der Waals surface area (Å²) in [6.45, 7) is 3.16. The van der Waals surface area contributed by atoms with Gasteiger partial charge < -0.3 is 10.6 Å². The van der Waals surface area contributed by atoms with Gasteiger partial charge in [-0.3, -0.25) is 15.0 Å². The summed E-state index contributed by atoms with van der Waals surface area (Å²) in [5.41, 5.74) is 8.33. The summed E-state index contributed by atoms with van der Waals surface area (Å²) in [6, 6.07) is 0. The van der Waals surface area contributed by atoms with Crippen LogP contribution in [0, 0.1) is 0 Å². The highest BCUT2D eigenvalue weighted by Gasteiger charge is 2.10.